The molecule has 0 saturated carbocycles. The second-order valence-corrected chi connectivity index (χ2v) is 15.0. The molecule has 290 valence electrons. The second-order valence-electron chi connectivity index (χ2n) is 15.0. The summed E-state index contributed by atoms with van der Waals surface area (Å²) in [7, 11) is 0. The smallest absolute Gasteiger partial charge is 0.499 e. The molecule has 11 rings (SSSR count). The molecule has 7 aromatic carbocycles. The number of hydrogen-bond acceptors (Lipinski definition) is 5. The molecule has 8 heteroatoms. The quantitative estimate of drug-likeness (QED) is 0.149. The van der Waals surface area contributed by atoms with Gasteiger partial charge in [0.25, 0.3) is 0 Å². The van der Waals surface area contributed by atoms with Gasteiger partial charge >= 0.3 is 21.1 Å². The van der Waals surface area contributed by atoms with Gasteiger partial charge in [-0.1, -0.05) is 120 Å². The van der Waals surface area contributed by atoms with E-state index >= 15 is 0 Å². The molecule has 0 bridgehead atoms. The summed E-state index contributed by atoms with van der Waals surface area (Å²) in [5, 5.41) is 13.0. The maximum Gasteiger partial charge on any atom is 2.00 e. The van der Waals surface area contributed by atoms with Crippen molar-refractivity contribution in [3.05, 3.63) is 187 Å². The first kappa shape index (κ1) is 37.2. The van der Waals surface area contributed by atoms with Gasteiger partial charge in [-0.15, -0.1) is 34.2 Å². The van der Waals surface area contributed by atoms with Crippen LogP contribution in [0.3, 0.4) is 0 Å². The molecule has 0 aliphatic carbocycles. The first-order valence-corrected chi connectivity index (χ1v) is 19.6. The zero-order valence-electron chi connectivity index (χ0n) is 32.9. The molecule has 0 aliphatic rings. The van der Waals surface area contributed by atoms with Crippen LogP contribution in [0.5, 0.6) is 11.5 Å². The molecule has 0 aliphatic heterocycles. The van der Waals surface area contributed by atoms with E-state index in [1.807, 2.05) is 65.4 Å². The van der Waals surface area contributed by atoms with Crippen molar-refractivity contribution < 1.29 is 30.2 Å². The number of fused-ring (bicyclic) bond motifs is 6. The normalized spacial score (nSPS) is 11.4. The molecular formula is C52H35N5O2Pt. The SMILES string of the molecule is Cc1cc(C)c(-c2ccnc(-n3c4[c-]c(Oc5[c-]c(-c6nncn6-c6ccccc6-c6ccccc6)cc6c5oc5ccccc56)ccc4c4ccccc43)c2)c(C)c1.[Pt+2]. The number of rotatable bonds is 7. The first-order chi connectivity index (χ1) is 29.0. The Labute approximate surface area is 360 Å². The molecule has 0 radical (unpaired) electrons. The van der Waals surface area contributed by atoms with Gasteiger partial charge in [0.1, 0.15) is 17.7 Å². The Morgan fingerprint density at radius 1 is 0.650 bits per heavy atom. The van der Waals surface area contributed by atoms with Crippen LogP contribution in [0, 0.1) is 32.9 Å². The Hall–Kier alpha value is -7.08. The molecular weight excluding hydrogens is 922 g/mol. The van der Waals surface area contributed by atoms with Crippen LogP contribution >= 0.6 is 0 Å². The van der Waals surface area contributed by atoms with Crippen LogP contribution in [0.1, 0.15) is 16.7 Å². The number of aromatic nitrogens is 5. The number of benzene rings is 7. The number of aryl methyl sites for hydroxylation is 3. The van der Waals surface area contributed by atoms with E-state index in [1.54, 1.807) is 6.33 Å². The molecule has 4 aromatic heterocycles. The summed E-state index contributed by atoms with van der Waals surface area (Å²) < 4.78 is 17.5. The summed E-state index contributed by atoms with van der Waals surface area (Å²) >= 11 is 0. The van der Waals surface area contributed by atoms with Gasteiger partial charge in [-0.3, -0.25) is 0 Å². The second kappa shape index (κ2) is 14.9. The van der Waals surface area contributed by atoms with Crippen molar-refractivity contribution >= 4 is 43.7 Å². The van der Waals surface area contributed by atoms with E-state index in [2.05, 4.69) is 139 Å². The predicted octanol–water partition coefficient (Wildman–Crippen LogP) is 13.0. The zero-order valence-corrected chi connectivity index (χ0v) is 35.2. The Kier molecular flexibility index (Phi) is 9.26. The van der Waals surface area contributed by atoms with E-state index in [9.17, 15) is 0 Å². The summed E-state index contributed by atoms with van der Waals surface area (Å²) in [4.78, 5) is 4.93. The summed E-state index contributed by atoms with van der Waals surface area (Å²) in [6.45, 7) is 6.48. The van der Waals surface area contributed by atoms with Crippen LogP contribution in [0.25, 0.3) is 88.9 Å². The largest absolute Gasteiger partial charge is 2.00 e. The molecule has 0 spiro atoms. The maximum absolute atomic E-state index is 6.83. The summed E-state index contributed by atoms with van der Waals surface area (Å²) in [5.41, 5.74) is 13.1. The van der Waals surface area contributed by atoms with Crippen molar-refractivity contribution in [2.75, 3.05) is 0 Å². The van der Waals surface area contributed by atoms with Crippen LogP contribution in [0.4, 0.5) is 0 Å². The van der Waals surface area contributed by atoms with Gasteiger partial charge in [0.15, 0.2) is 0 Å². The number of furan rings is 1. The zero-order chi connectivity index (χ0) is 39.6. The minimum Gasteiger partial charge on any atom is -0.499 e. The van der Waals surface area contributed by atoms with Crippen LogP contribution in [-0.2, 0) is 21.1 Å². The third kappa shape index (κ3) is 6.21. The topological polar surface area (TPSA) is 70.9 Å². The standard InChI is InChI=1S/C52H35N5O2.Pt/c1-32-25-33(2)50(34(3)26-32)36-23-24-53-49(29-36)57-45-19-11-8-16-40(45)41-22-21-38(30-46(41)57)58-48-28-37(27-43-42-17-9-12-20-47(42)59-51(43)48)52-55-54-31-56(52)44-18-10-7-15-39(44)35-13-5-4-6-14-35;/h4-27,29,31H,1-3H3;/q-2;+2. The molecule has 0 amide bonds. The van der Waals surface area contributed by atoms with Gasteiger partial charge < -0.3 is 18.3 Å². The van der Waals surface area contributed by atoms with Gasteiger partial charge in [0.05, 0.1) is 17.2 Å². The predicted molar refractivity (Wildman–Crippen MR) is 235 cm³/mol. The van der Waals surface area contributed by atoms with Crippen LogP contribution in [0.15, 0.2) is 163 Å². The van der Waals surface area contributed by atoms with Gasteiger partial charge in [-0.2, -0.15) is 11.2 Å². The van der Waals surface area contributed by atoms with Crippen LogP contribution < -0.4 is 4.74 Å². The van der Waals surface area contributed by atoms with E-state index < -0.39 is 0 Å². The molecule has 0 unspecified atom stereocenters. The van der Waals surface area contributed by atoms with Gasteiger partial charge in [0, 0.05) is 34.1 Å². The Balaban J connectivity index is 0.00000433. The Morgan fingerprint density at radius 2 is 1.40 bits per heavy atom. The van der Waals surface area contributed by atoms with Crippen molar-refractivity contribution in [1.29, 1.82) is 0 Å². The van der Waals surface area contributed by atoms with E-state index in [0.717, 1.165) is 66.4 Å². The fourth-order valence-corrected chi connectivity index (χ4v) is 8.68. The van der Waals surface area contributed by atoms with Crippen LogP contribution in [-0.4, -0.2) is 24.3 Å². The fourth-order valence-electron chi connectivity index (χ4n) is 8.68. The number of nitrogens with zero attached hydrogens (tertiary/aromatic N) is 5. The molecule has 7 nitrogen and oxygen atoms in total. The number of hydrogen-bond donors (Lipinski definition) is 0. The summed E-state index contributed by atoms with van der Waals surface area (Å²) in [6, 6.07) is 57.0. The third-order valence-corrected chi connectivity index (χ3v) is 11.1. The van der Waals surface area contributed by atoms with E-state index in [1.165, 1.54) is 22.3 Å². The molecule has 60 heavy (non-hydrogen) atoms. The number of para-hydroxylation sites is 3. The van der Waals surface area contributed by atoms with E-state index in [4.69, 9.17) is 14.1 Å². The molecule has 0 atom stereocenters. The monoisotopic (exact) mass is 956 g/mol. The fraction of sp³-hybridized carbons (Fsp3) is 0.0577. The van der Waals surface area contributed by atoms with E-state index in [0.29, 0.717) is 28.5 Å². The van der Waals surface area contributed by atoms with Crippen molar-refractivity contribution in [2.45, 2.75) is 20.8 Å². The molecule has 0 saturated heterocycles. The Bertz CT molecular complexity index is 3390. The minimum absolute atomic E-state index is 0. The Morgan fingerprint density at radius 3 is 2.25 bits per heavy atom. The average Bonchev–Trinajstić information content (AvgIpc) is 3.98. The van der Waals surface area contributed by atoms with E-state index in [-0.39, 0.29) is 21.1 Å². The maximum atomic E-state index is 6.83. The molecule has 4 heterocycles. The van der Waals surface area contributed by atoms with Crippen molar-refractivity contribution in [3.8, 4) is 56.6 Å². The minimum atomic E-state index is 0. The van der Waals surface area contributed by atoms with Crippen molar-refractivity contribution in [3.63, 3.8) is 0 Å². The van der Waals surface area contributed by atoms with Gasteiger partial charge in [-0.05, 0) is 84.3 Å². The number of ether oxygens (including phenoxy) is 1. The van der Waals surface area contributed by atoms with Gasteiger partial charge in [0.2, 0.25) is 0 Å². The van der Waals surface area contributed by atoms with Crippen molar-refractivity contribution in [2.24, 2.45) is 0 Å². The molecule has 0 fully saturated rings. The summed E-state index contributed by atoms with van der Waals surface area (Å²) in [5.74, 6) is 2.34. The van der Waals surface area contributed by atoms with Crippen molar-refractivity contribution in [1.82, 2.24) is 24.3 Å². The molecule has 11 aromatic rings. The van der Waals surface area contributed by atoms with Crippen LogP contribution in [0.2, 0.25) is 0 Å². The average molecular weight is 957 g/mol. The number of pyridine rings is 1. The van der Waals surface area contributed by atoms with Gasteiger partial charge in [-0.25, -0.2) is 4.98 Å². The molecule has 0 N–H and O–H groups in total. The first-order valence-electron chi connectivity index (χ1n) is 19.6. The summed E-state index contributed by atoms with van der Waals surface area (Å²) in [6.07, 6.45) is 3.63. The third-order valence-electron chi connectivity index (χ3n) is 11.1.